The molecule has 4 rings (SSSR count). The number of carbonyl (C=O) groups is 1. The predicted octanol–water partition coefficient (Wildman–Crippen LogP) is 6.76. The van der Waals surface area contributed by atoms with Gasteiger partial charge in [0, 0.05) is 24.6 Å². The second kappa shape index (κ2) is 11.3. The molecular weight excluding hydrogens is 513 g/mol. The molecule has 1 aromatic heterocycles. The minimum absolute atomic E-state index is 0.0548. The minimum atomic E-state index is -4.64. The number of alkyl halides is 3. The lowest BCUT2D eigenvalue weighted by molar-refractivity contribution is -0.137. The van der Waals surface area contributed by atoms with E-state index in [0.29, 0.717) is 47.3 Å². The van der Waals surface area contributed by atoms with Gasteiger partial charge < -0.3 is 24.8 Å². The van der Waals surface area contributed by atoms with Crippen molar-refractivity contribution in [1.82, 2.24) is 9.97 Å². The first-order chi connectivity index (χ1) is 17.7. The van der Waals surface area contributed by atoms with Crippen LogP contribution in [0.5, 0.6) is 17.4 Å². The van der Waals surface area contributed by atoms with Crippen LogP contribution in [0.4, 0.5) is 29.3 Å². The number of aromatic nitrogens is 2. The van der Waals surface area contributed by atoms with Gasteiger partial charge >= 0.3 is 12.2 Å². The number of nitrogens with zero attached hydrogens (tertiary/aromatic N) is 2. The zero-order valence-corrected chi connectivity index (χ0v) is 20.1. The number of methoxy groups -OCH3 is 1. The van der Waals surface area contributed by atoms with Gasteiger partial charge in [-0.3, -0.25) is 0 Å². The van der Waals surface area contributed by atoms with Crippen molar-refractivity contribution in [2.24, 2.45) is 0 Å². The molecule has 0 atom stereocenters. The molecule has 0 radical (unpaired) electrons. The Morgan fingerprint density at radius 2 is 1.62 bits per heavy atom. The van der Waals surface area contributed by atoms with Crippen molar-refractivity contribution >= 4 is 40.0 Å². The van der Waals surface area contributed by atoms with E-state index in [1.54, 1.807) is 49.6 Å². The molecule has 0 fully saturated rings. The number of ether oxygens (including phenoxy) is 3. The Morgan fingerprint density at radius 3 is 2.35 bits per heavy atom. The summed E-state index contributed by atoms with van der Waals surface area (Å²) >= 11 is 5.60. The van der Waals surface area contributed by atoms with E-state index in [2.05, 4.69) is 20.6 Å². The summed E-state index contributed by atoms with van der Waals surface area (Å²) in [4.78, 5) is 21.0. The van der Waals surface area contributed by atoms with Crippen molar-refractivity contribution in [3.05, 3.63) is 77.4 Å². The Labute approximate surface area is 214 Å². The molecule has 2 amide bonds. The second-order valence-corrected chi connectivity index (χ2v) is 8.01. The summed E-state index contributed by atoms with van der Waals surface area (Å²) in [5.74, 6) is 1.36. The van der Waals surface area contributed by atoms with Gasteiger partial charge in [-0.1, -0.05) is 11.6 Å². The summed E-state index contributed by atoms with van der Waals surface area (Å²) in [5.41, 5.74) is 0.555. The van der Waals surface area contributed by atoms with Gasteiger partial charge in [0.05, 0.1) is 34.4 Å². The maximum Gasteiger partial charge on any atom is 0.417 e. The Bertz CT molecular complexity index is 1400. The zero-order valence-electron chi connectivity index (χ0n) is 19.3. The van der Waals surface area contributed by atoms with Crippen LogP contribution in [-0.4, -0.2) is 36.3 Å². The molecule has 0 spiro atoms. The van der Waals surface area contributed by atoms with Crippen LogP contribution in [0.1, 0.15) is 5.56 Å². The van der Waals surface area contributed by atoms with Crippen LogP contribution in [0.15, 0.2) is 66.9 Å². The minimum Gasteiger partial charge on any atom is -0.474 e. The predicted molar refractivity (Wildman–Crippen MR) is 133 cm³/mol. The van der Waals surface area contributed by atoms with Gasteiger partial charge in [-0.2, -0.15) is 13.2 Å². The number of carbonyl (C=O) groups excluding carboxylic acids is 1. The Hall–Kier alpha value is -4.09. The number of rotatable bonds is 8. The number of benzene rings is 3. The lowest BCUT2D eigenvalue weighted by Crippen LogP contribution is -2.19. The second-order valence-electron chi connectivity index (χ2n) is 7.60. The summed E-state index contributed by atoms with van der Waals surface area (Å²) in [6.07, 6.45) is -3.11. The van der Waals surface area contributed by atoms with Crippen molar-refractivity contribution < 1.29 is 32.2 Å². The highest BCUT2D eigenvalue weighted by molar-refractivity contribution is 6.31. The van der Waals surface area contributed by atoms with Crippen molar-refractivity contribution in [3.8, 4) is 17.4 Å². The molecule has 12 heteroatoms. The van der Waals surface area contributed by atoms with Gasteiger partial charge in [0.25, 0.3) is 0 Å². The molecule has 0 unspecified atom stereocenters. The molecule has 0 saturated heterocycles. The monoisotopic (exact) mass is 532 g/mol. The van der Waals surface area contributed by atoms with Gasteiger partial charge in [0.2, 0.25) is 5.88 Å². The van der Waals surface area contributed by atoms with E-state index >= 15 is 0 Å². The van der Waals surface area contributed by atoms with E-state index in [1.165, 1.54) is 12.3 Å². The summed E-state index contributed by atoms with van der Waals surface area (Å²) in [6.45, 7) is 0.773. The first kappa shape index (κ1) is 26.0. The Balaban J connectivity index is 1.38. The number of halogens is 4. The highest BCUT2D eigenvalue weighted by atomic mass is 35.5. The molecule has 0 aliphatic rings. The molecule has 1 heterocycles. The summed E-state index contributed by atoms with van der Waals surface area (Å²) in [5, 5.41) is 4.44. The Kier molecular flexibility index (Phi) is 7.95. The van der Waals surface area contributed by atoms with E-state index in [9.17, 15) is 18.0 Å². The number of urea groups is 1. The third-order valence-electron chi connectivity index (χ3n) is 4.91. The number of nitrogens with one attached hydrogen (secondary N) is 2. The number of hydrogen-bond donors (Lipinski definition) is 2. The third-order valence-corrected chi connectivity index (χ3v) is 5.24. The summed E-state index contributed by atoms with van der Waals surface area (Å²) in [7, 11) is 1.58. The van der Waals surface area contributed by atoms with Crippen LogP contribution in [0.2, 0.25) is 5.02 Å². The lowest BCUT2D eigenvalue weighted by Gasteiger charge is -2.12. The average Bonchev–Trinajstić information content (AvgIpc) is 2.86. The molecule has 0 bridgehead atoms. The number of hydrogen-bond acceptors (Lipinski definition) is 6. The largest absolute Gasteiger partial charge is 0.474 e. The van der Waals surface area contributed by atoms with Crippen LogP contribution in [-0.2, 0) is 10.9 Å². The fourth-order valence-electron chi connectivity index (χ4n) is 3.19. The summed E-state index contributed by atoms with van der Waals surface area (Å²) < 4.78 is 55.4. The van der Waals surface area contributed by atoms with Crippen molar-refractivity contribution in [2.75, 3.05) is 31.0 Å². The van der Waals surface area contributed by atoms with Crippen LogP contribution in [0.3, 0.4) is 0 Å². The molecule has 37 heavy (non-hydrogen) atoms. The van der Waals surface area contributed by atoms with Gasteiger partial charge in [0.15, 0.2) is 0 Å². The van der Waals surface area contributed by atoms with Crippen molar-refractivity contribution in [2.45, 2.75) is 6.18 Å². The first-order valence-corrected chi connectivity index (χ1v) is 11.2. The molecule has 0 saturated carbocycles. The SMILES string of the molecule is COCCOc1cnc2ccc(Oc3ccc(NC(=O)Nc4ccc(Cl)c(C(F)(F)F)c4)cc3)cc2n1. The third kappa shape index (κ3) is 6.99. The maximum atomic E-state index is 13.0. The average molecular weight is 533 g/mol. The fourth-order valence-corrected chi connectivity index (χ4v) is 3.42. The molecule has 0 aliphatic heterocycles. The van der Waals surface area contributed by atoms with E-state index < -0.39 is 22.8 Å². The van der Waals surface area contributed by atoms with Gasteiger partial charge in [0.1, 0.15) is 18.1 Å². The van der Waals surface area contributed by atoms with E-state index in [4.69, 9.17) is 25.8 Å². The quantitative estimate of drug-likeness (QED) is 0.243. The molecular formula is C25H20ClF3N4O4. The molecule has 8 nitrogen and oxygen atoms in total. The lowest BCUT2D eigenvalue weighted by atomic mass is 10.2. The van der Waals surface area contributed by atoms with E-state index in [-0.39, 0.29) is 5.69 Å². The van der Waals surface area contributed by atoms with Crippen LogP contribution in [0, 0.1) is 0 Å². The molecule has 4 aromatic rings. The zero-order chi connectivity index (χ0) is 26.4. The fraction of sp³-hybridized carbons (Fsp3) is 0.160. The Morgan fingerprint density at radius 1 is 0.919 bits per heavy atom. The smallest absolute Gasteiger partial charge is 0.417 e. The van der Waals surface area contributed by atoms with Crippen LogP contribution in [0.25, 0.3) is 11.0 Å². The standard InChI is InChI=1S/C25H20ClF3N4O4/c1-35-10-11-36-23-14-30-21-9-7-18(13-22(21)33-23)37-17-5-2-15(3-6-17)31-24(34)32-16-4-8-20(26)19(12-16)25(27,28)29/h2-9,12-14H,10-11H2,1H3,(H2,31,32,34). The normalized spacial score (nSPS) is 11.3. The van der Waals surface area contributed by atoms with Gasteiger partial charge in [-0.15, -0.1) is 0 Å². The number of anilines is 2. The molecule has 2 N–H and O–H groups in total. The van der Waals surface area contributed by atoms with Gasteiger partial charge in [-0.25, -0.2) is 14.8 Å². The van der Waals surface area contributed by atoms with Gasteiger partial charge in [-0.05, 0) is 54.6 Å². The maximum absolute atomic E-state index is 13.0. The van der Waals surface area contributed by atoms with Crippen LogP contribution >= 0.6 is 11.6 Å². The van der Waals surface area contributed by atoms with Crippen LogP contribution < -0.4 is 20.1 Å². The topological polar surface area (TPSA) is 94.6 Å². The molecule has 3 aromatic carbocycles. The summed E-state index contributed by atoms with van der Waals surface area (Å²) in [6, 6.07) is 14.0. The molecule has 0 aliphatic carbocycles. The molecule has 192 valence electrons. The number of amides is 2. The van der Waals surface area contributed by atoms with Crippen molar-refractivity contribution in [3.63, 3.8) is 0 Å². The van der Waals surface area contributed by atoms with E-state index in [1.807, 2.05) is 0 Å². The van der Waals surface area contributed by atoms with Crippen molar-refractivity contribution in [1.29, 1.82) is 0 Å². The first-order valence-electron chi connectivity index (χ1n) is 10.8. The highest BCUT2D eigenvalue weighted by Crippen LogP contribution is 2.36. The van der Waals surface area contributed by atoms with E-state index in [0.717, 1.165) is 12.1 Å². The number of fused-ring (bicyclic) bond motifs is 1. The highest BCUT2D eigenvalue weighted by Gasteiger charge is 2.33.